The minimum absolute atomic E-state index is 0.321. The molecule has 1 aromatic rings. The molecule has 0 radical (unpaired) electrons. The van der Waals surface area contributed by atoms with E-state index in [-0.39, 0.29) is 0 Å². The highest BCUT2D eigenvalue weighted by Crippen LogP contribution is 2.27. The van der Waals surface area contributed by atoms with Gasteiger partial charge in [0.05, 0.1) is 5.69 Å². The zero-order valence-electron chi connectivity index (χ0n) is 7.66. The molecular formula is C8H11N3O2S. The molecule has 0 spiro atoms. The summed E-state index contributed by atoms with van der Waals surface area (Å²) in [5.74, 6) is 0. The van der Waals surface area contributed by atoms with Gasteiger partial charge in [0.1, 0.15) is 0 Å². The lowest BCUT2D eigenvalue weighted by Crippen LogP contribution is -2.34. The monoisotopic (exact) mass is 213 g/mol. The van der Waals surface area contributed by atoms with E-state index in [0.29, 0.717) is 12.2 Å². The summed E-state index contributed by atoms with van der Waals surface area (Å²) in [7, 11) is -1.54. The molecule has 14 heavy (non-hydrogen) atoms. The van der Waals surface area contributed by atoms with Crippen molar-refractivity contribution in [1.82, 2.24) is 4.72 Å². The van der Waals surface area contributed by atoms with E-state index in [0.717, 1.165) is 11.3 Å². The van der Waals surface area contributed by atoms with Gasteiger partial charge in [0.15, 0.2) is 0 Å². The number of fused-ring (bicyclic) bond motifs is 1. The standard InChI is InChI=1S/C8H11N3O2S/c1-9-7-3-2-4-8-6(7)5-10-14(12,13)11-8/h2-4,9-11H,5H2,1H3. The van der Waals surface area contributed by atoms with E-state index < -0.39 is 10.2 Å². The number of anilines is 2. The van der Waals surface area contributed by atoms with E-state index >= 15 is 0 Å². The number of rotatable bonds is 1. The van der Waals surface area contributed by atoms with Crippen molar-refractivity contribution in [1.29, 1.82) is 0 Å². The van der Waals surface area contributed by atoms with Crippen molar-refractivity contribution in [2.24, 2.45) is 0 Å². The first-order chi connectivity index (χ1) is 6.62. The maximum absolute atomic E-state index is 11.2. The van der Waals surface area contributed by atoms with Crippen molar-refractivity contribution in [2.45, 2.75) is 6.54 Å². The van der Waals surface area contributed by atoms with Crippen LogP contribution in [0, 0.1) is 0 Å². The summed E-state index contributed by atoms with van der Waals surface area (Å²) in [5.41, 5.74) is 2.50. The van der Waals surface area contributed by atoms with E-state index in [9.17, 15) is 8.42 Å². The number of hydrogen-bond donors (Lipinski definition) is 3. The normalized spacial score (nSPS) is 18.1. The van der Waals surface area contributed by atoms with Gasteiger partial charge in [0, 0.05) is 24.8 Å². The summed E-state index contributed by atoms with van der Waals surface area (Å²) >= 11 is 0. The molecule has 0 aliphatic carbocycles. The van der Waals surface area contributed by atoms with Crippen molar-refractivity contribution < 1.29 is 8.42 Å². The van der Waals surface area contributed by atoms with Gasteiger partial charge in [-0.15, -0.1) is 0 Å². The number of benzene rings is 1. The van der Waals surface area contributed by atoms with Crippen LogP contribution in [0.2, 0.25) is 0 Å². The van der Waals surface area contributed by atoms with Crippen LogP contribution >= 0.6 is 0 Å². The largest absolute Gasteiger partial charge is 0.388 e. The topological polar surface area (TPSA) is 70.2 Å². The molecule has 2 rings (SSSR count). The van der Waals surface area contributed by atoms with Gasteiger partial charge in [-0.05, 0) is 12.1 Å². The SMILES string of the molecule is CNc1cccc2c1CNS(=O)(=O)N2. The fraction of sp³-hybridized carbons (Fsp3) is 0.250. The molecule has 0 atom stereocenters. The third-order valence-corrected chi connectivity index (χ3v) is 3.14. The molecule has 0 fully saturated rings. The van der Waals surface area contributed by atoms with Gasteiger partial charge in [-0.3, -0.25) is 4.72 Å². The lowest BCUT2D eigenvalue weighted by Gasteiger charge is -2.21. The Morgan fingerprint density at radius 2 is 2.21 bits per heavy atom. The molecule has 1 aromatic carbocycles. The molecule has 1 aliphatic heterocycles. The van der Waals surface area contributed by atoms with Crippen LogP contribution in [-0.4, -0.2) is 15.5 Å². The van der Waals surface area contributed by atoms with Crippen LogP contribution in [0.3, 0.4) is 0 Å². The highest BCUT2D eigenvalue weighted by Gasteiger charge is 2.20. The van der Waals surface area contributed by atoms with Crippen LogP contribution in [0.25, 0.3) is 0 Å². The van der Waals surface area contributed by atoms with Gasteiger partial charge in [0.25, 0.3) is 10.2 Å². The van der Waals surface area contributed by atoms with Gasteiger partial charge in [0.2, 0.25) is 0 Å². The summed E-state index contributed by atoms with van der Waals surface area (Å²) in [6.45, 7) is 0.321. The molecule has 0 saturated carbocycles. The number of nitrogens with one attached hydrogen (secondary N) is 3. The fourth-order valence-corrected chi connectivity index (χ4v) is 2.34. The molecular weight excluding hydrogens is 202 g/mol. The van der Waals surface area contributed by atoms with Gasteiger partial charge < -0.3 is 5.32 Å². The molecule has 0 saturated heterocycles. The molecule has 0 aromatic heterocycles. The van der Waals surface area contributed by atoms with E-state index in [1.807, 2.05) is 6.07 Å². The van der Waals surface area contributed by atoms with Crippen LogP contribution < -0.4 is 14.8 Å². The van der Waals surface area contributed by atoms with E-state index in [2.05, 4.69) is 14.8 Å². The van der Waals surface area contributed by atoms with Crippen LogP contribution in [-0.2, 0) is 16.8 Å². The second-order valence-corrected chi connectivity index (χ2v) is 4.51. The second kappa shape index (κ2) is 3.14. The summed E-state index contributed by atoms with van der Waals surface area (Å²) < 4.78 is 27.2. The van der Waals surface area contributed by atoms with E-state index in [1.54, 1.807) is 19.2 Å². The summed E-state index contributed by atoms with van der Waals surface area (Å²) in [4.78, 5) is 0. The van der Waals surface area contributed by atoms with Gasteiger partial charge in [-0.1, -0.05) is 6.07 Å². The van der Waals surface area contributed by atoms with Gasteiger partial charge >= 0.3 is 0 Å². The highest BCUT2D eigenvalue weighted by molar-refractivity contribution is 7.90. The first-order valence-electron chi connectivity index (χ1n) is 4.19. The van der Waals surface area contributed by atoms with Crippen molar-refractivity contribution >= 4 is 21.6 Å². The van der Waals surface area contributed by atoms with Gasteiger partial charge in [-0.25, -0.2) is 0 Å². The Balaban J connectivity index is 2.50. The third kappa shape index (κ3) is 1.53. The molecule has 3 N–H and O–H groups in total. The Labute approximate surface area is 82.7 Å². The van der Waals surface area contributed by atoms with Gasteiger partial charge in [-0.2, -0.15) is 13.1 Å². The average molecular weight is 213 g/mol. The summed E-state index contributed by atoms with van der Waals surface area (Å²) in [6, 6.07) is 5.45. The third-order valence-electron chi connectivity index (χ3n) is 2.13. The molecule has 6 heteroatoms. The Bertz CT molecular complexity index is 456. The second-order valence-electron chi connectivity index (χ2n) is 3.01. The van der Waals surface area contributed by atoms with Crippen molar-refractivity contribution in [3.05, 3.63) is 23.8 Å². The van der Waals surface area contributed by atoms with Crippen molar-refractivity contribution in [3.63, 3.8) is 0 Å². The Kier molecular flexibility index (Phi) is 2.09. The summed E-state index contributed by atoms with van der Waals surface area (Å²) in [5, 5.41) is 3.01. The molecule has 0 unspecified atom stereocenters. The molecule has 5 nitrogen and oxygen atoms in total. The maximum atomic E-state index is 11.2. The fourth-order valence-electron chi connectivity index (χ4n) is 1.46. The summed E-state index contributed by atoms with van der Waals surface area (Å²) in [6.07, 6.45) is 0. The van der Waals surface area contributed by atoms with Crippen LogP contribution in [0.5, 0.6) is 0 Å². The average Bonchev–Trinajstić information content (AvgIpc) is 2.15. The lowest BCUT2D eigenvalue weighted by atomic mass is 10.1. The maximum Gasteiger partial charge on any atom is 0.299 e. The van der Waals surface area contributed by atoms with Crippen LogP contribution in [0.15, 0.2) is 18.2 Å². The van der Waals surface area contributed by atoms with Crippen LogP contribution in [0.1, 0.15) is 5.56 Å². The highest BCUT2D eigenvalue weighted by atomic mass is 32.2. The molecule has 0 bridgehead atoms. The van der Waals surface area contributed by atoms with Crippen molar-refractivity contribution in [2.75, 3.05) is 17.1 Å². The first kappa shape index (κ1) is 9.29. The Hall–Kier alpha value is -1.27. The number of hydrogen-bond acceptors (Lipinski definition) is 3. The molecule has 1 heterocycles. The van der Waals surface area contributed by atoms with E-state index in [1.165, 1.54) is 0 Å². The minimum atomic E-state index is -3.35. The Morgan fingerprint density at radius 1 is 1.43 bits per heavy atom. The molecule has 1 aliphatic rings. The zero-order valence-corrected chi connectivity index (χ0v) is 8.48. The lowest BCUT2D eigenvalue weighted by molar-refractivity contribution is 0.584. The molecule has 0 amide bonds. The zero-order chi connectivity index (χ0) is 10.2. The predicted octanol–water partition coefficient (Wildman–Crippen LogP) is 0.488. The van der Waals surface area contributed by atoms with E-state index in [4.69, 9.17) is 0 Å². The van der Waals surface area contributed by atoms with Crippen molar-refractivity contribution in [3.8, 4) is 0 Å². The minimum Gasteiger partial charge on any atom is -0.388 e. The van der Waals surface area contributed by atoms with Crippen LogP contribution in [0.4, 0.5) is 11.4 Å². The molecule has 76 valence electrons. The Morgan fingerprint density at radius 3 is 2.93 bits per heavy atom. The predicted molar refractivity (Wildman–Crippen MR) is 55.4 cm³/mol. The quantitative estimate of drug-likeness (QED) is 0.635. The first-order valence-corrected chi connectivity index (χ1v) is 5.68. The smallest absolute Gasteiger partial charge is 0.299 e.